The van der Waals surface area contributed by atoms with Crippen molar-refractivity contribution < 1.29 is 14.2 Å². The summed E-state index contributed by atoms with van der Waals surface area (Å²) in [6.07, 6.45) is 2.05. The molecule has 0 heterocycles. The van der Waals surface area contributed by atoms with Crippen LogP contribution in [0.2, 0.25) is 0 Å². The van der Waals surface area contributed by atoms with Gasteiger partial charge in [0.15, 0.2) is 0 Å². The minimum absolute atomic E-state index is 0.369. The summed E-state index contributed by atoms with van der Waals surface area (Å²) in [5.41, 5.74) is 7.99. The van der Waals surface area contributed by atoms with Crippen molar-refractivity contribution in [2.24, 2.45) is 5.11 Å². The van der Waals surface area contributed by atoms with Gasteiger partial charge in [-0.25, -0.2) is 0 Å². The third kappa shape index (κ3) is 13.5. The van der Waals surface area contributed by atoms with Gasteiger partial charge in [-0.2, -0.15) is 11.8 Å². The Hall–Kier alpha value is -0.460. The lowest BCUT2D eigenvalue weighted by Gasteiger charge is -2.05. The second-order valence-electron chi connectivity index (χ2n) is 2.78. The number of thioether (sulfide) groups is 1. The van der Waals surface area contributed by atoms with Gasteiger partial charge >= 0.3 is 0 Å². The highest BCUT2D eigenvalue weighted by Crippen LogP contribution is 1.90. The lowest BCUT2D eigenvalue weighted by molar-refractivity contribution is 0.0190. The maximum atomic E-state index is 7.99. The molecule has 94 valence electrons. The molecule has 0 aromatic carbocycles. The molecule has 0 fully saturated rings. The molecule has 0 saturated heterocycles. The van der Waals surface area contributed by atoms with Gasteiger partial charge in [-0.15, -0.1) is 0 Å². The Morgan fingerprint density at radius 2 is 1.56 bits per heavy atom. The van der Waals surface area contributed by atoms with E-state index in [0.29, 0.717) is 39.6 Å². The van der Waals surface area contributed by atoms with Crippen LogP contribution in [0.5, 0.6) is 0 Å². The van der Waals surface area contributed by atoms with Crippen LogP contribution in [0.15, 0.2) is 5.11 Å². The fourth-order valence-electron chi connectivity index (χ4n) is 0.834. The number of ether oxygens (including phenoxy) is 3. The maximum Gasteiger partial charge on any atom is 0.0701 e. The number of azide groups is 1. The van der Waals surface area contributed by atoms with Gasteiger partial charge in [0.2, 0.25) is 0 Å². The first kappa shape index (κ1) is 15.5. The standard InChI is InChI=1S/C9H19N3O3S/c1-16-9-8-15-7-6-14-5-4-13-3-2-11-12-10/h2-9H2,1H3. The summed E-state index contributed by atoms with van der Waals surface area (Å²) in [4.78, 5) is 2.61. The molecule has 0 aromatic rings. The molecule has 0 atom stereocenters. The molecular formula is C9H19N3O3S. The molecule has 0 amide bonds. The van der Waals surface area contributed by atoms with E-state index < -0.39 is 0 Å². The number of hydrogen-bond acceptors (Lipinski definition) is 5. The van der Waals surface area contributed by atoms with Gasteiger partial charge in [0, 0.05) is 17.2 Å². The van der Waals surface area contributed by atoms with Crippen LogP contribution in [-0.2, 0) is 14.2 Å². The summed E-state index contributed by atoms with van der Waals surface area (Å²) >= 11 is 1.76. The number of nitrogens with zero attached hydrogens (tertiary/aromatic N) is 3. The average Bonchev–Trinajstić information content (AvgIpc) is 2.31. The van der Waals surface area contributed by atoms with Crippen molar-refractivity contribution in [3.05, 3.63) is 10.4 Å². The minimum Gasteiger partial charge on any atom is -0.379 e. The Kier molecular flexibility index (Phi) is 14.1. The van der Waals surface area contributed by atoms with Crippen molar-refractivity contribution in [3.63, 3.8) is 0 Å². The highest BCUT2D eigenvalue weighted by atomic mass is 32.2. The quantitative estimate of drug-likeness (QED) is 0.228. The van der Waals surface area contributed by atoms with Crippen LogP contribution < -0.4 is 0 Å². The normalized spacial score (nSPS) is 10.1. The predicted octanol–water partition coefficient (Wildman–Crippen LogP) is 1.71. The molecule has 0 bridgehead atoms. The van der Waals surface area contributed by atoms with Crippen LogP contribution in [0.25, 0.3) is 10.4 Å². The van der Waals surface area contributed by atoms with Gasteiger partial charge in [0.1, 0.15) is 0 Å². The van der Waals surface area contributed by atoms with E-state index in [1.807, 2.05) is 6.26 Å². The first-order valence-electron chi connectivity index (χ1n) is 5.15. The largest absolute Gasteiger partial charge is 0.379 e. The van der Waals surface area contributed by atoms with Crippen LogP contribution in [0.3, 0.4) is 0 Å². The summed E-state index contributed by atoms with van der Waals surface area (Å²) < 4.78 is 15.7. The summed E-state index contributed by atoms with van der Waals surface area (Å²) in [7, 11) is 0. The highest BCUT2D eigenvalue weighted by molar-refractivity contribution is 7.98. The van der Waals surface area contributed by atoms with Crippen LogP contribution >= 0.6 is 11.8 Å². The molecule has 0 radical (unpaired) electrons. The van der Waals surface area contributed by atoms with Crippen molar-refractivity contribution in [2.75, 3.05) is 58.2 Å². The SMILES string of the molecule is CSCCOCCOCCOCCN=[N+]=[N-]. The summed E-state index contributed by atoms with van der Waals surface area (Å²) in [6, 6.07) is 0. The molecule has 7 heteroatoms. The average molecular weight is 249 g/mol. The first-order valence-corrected chi connectivity index (χ1v) is 6.54. The van der Waals surface area contributed by atoms with E-state index in [0.717, 1.165) is 12.4 Å². The van der Waals surface area contributed by atoms with Crippen molar-refractivity contribution in [3.8, 4) is 0 Å². The molecule has 16 heavy (non-hydrogen) atoms. The van der Waals surface area contributed by atoms with E-state index in [4.69, 9.17) is 19.7 Å². The van der Waals surface area contributed by atoms with Crippen LogP contribution in [0.1, 0.15) is 0 Å². The van der Waals surface area contributed by atoms with Gasteiger partial charge in [-0.05, 0) is 11.8 Å². The van der Waals surface area contributed by atoms with E-state index in [1.165, 1.54) is 0 Å². The molecular weight excluding hydrogens is 230 g/mol. The van der Waals surface area contributed by atoms with Crippen molar-refractivity contribution in [2.45, 2.75) is 0 Å². The second-order valence-corrected chi connectivity index (χ2v) is 3.77. The Bertz CT molecular complexity index is 189. The fourth-order valence-corrected chi connectivity index (χ4v) is 1.12. The molecule has 0 aromatic heterocycles. The van der Waals surface area contributed by atoms with E-state index in [2.05, 4.69) is 10.0 Å². The van der Waals surface area contributed by atoms with Crippen molar-refractivity contribution in [1.29, 1.82) is 0 Å². The smallest absolute Gasteiger partial charge is 0.0701 e. The molecule has 0 aliphatic heterocycles. The van der Waals surface area contributed by atoms with Crippen molar-refractivity contribution >= 4 is 11.8 Å². The van der Waals surface area contributed by atoms with Gasteiger partial charge in [0.05, 0.1) is 39.6 Å². The van der Waals surface area contributed by atoms with Crippen LogP contribution in [0, 0.1) is 0 Å². The Morgan fingerprint density at radius 3 is 2.12 bits per heavy atom. The minimum atomic E-state index is 0.369. The van der Waals surface area contributed by atoms with Crippen LogP contribution in [-0.4, -0.2) is 58.2 Å². The molecule has 0 unspecified atom stereocenters. The maximum absolute atomic E-state index is 7.99. The Labute approximate surface area is 100 Å². The molecule has 6 nitrogen and oxygen atoms in total. The molecule has 0 saturated carbocycles. The summed E-state index contributed by atoms with van der Waals surface area (Å²) in [6.45, 7) is 3.86. The zero-order valence-electron chi connectivity index (χ0n) is 9.63. The topological polar surface area (TPSA) is 76.5 Å². The first-order chi connectivity index (χ1) is 7.91. The predicted molar refractivity (Wildman–Crippen MR) is 64.9 cm³/mol. The summed E-state index contributed by atoms with van der Waals surface area (Å²) in [5, 5.41) is 3.34. The van der Waals surface area contributed by atoms with Gasteiger partial charge in [-0.3, -0.25) is 0 Å². The zero-order chi connectivity index (χ0) is 11.9. The van der Waals surface area contributed by atoms with Crippen molar-refractivity contribution in [1.82, 2.24) is 0 Å². The third-order valence-electron chi connectivity index (χ3n) is 1.57. The van der Waals surface area contributed by atoms with E-state index >= 15 is 0 Å². The third-order valence-corrected chi connectivity index (χ3v) is 2.15. The molecule has 0 aliphatic carbocycles. The zero-order valence-corrected chi connectivity index (χ0v) is 10.4. The highest BCUT2D eigenvalue weighted by Gasteiger charge is 1.90. The number of hydrogen-bond donors (Lipinski definition) is 0. The Balaban J connectivity index is 2.90. The van der Waals surface area contributed by atoms with Gasteiger partial charge < -0.3 is 14.2 Å². The number of rotatable bonds is 12. The second kappa shape index (κ2) is 14.5. The lowest BCUT2D eigenvalue weighted by Crippen LogP contribution is -2.11. The fraction of sp³-hybridized carbons (Fsp3) is 1.00. The van der Waals surface area contributed by atoms with E-state index in [1.54, 1.807) is 11.8 Å². The molecule has 0 N–H and O–H groups in total. The molecule has 0 aliphatic rings. The van der Waals surface area contributed by atoms with Gasteiger partial charge in [-0.1, -0.05) is 5.11 Å². The van der Waals surface area contributed by atoms with Crippen LogP contribution in [0.4, 0.5) is 0 Å². The lowest BCUT2D eigenvalue weighted by atomic mass is 10.7. The molecule has 0 rings (SSSR count). The van der Waals surface area contributed by atoms with Gasteiger partial charge in [0.25, 0.3) is 0 Å². The summed E-state index contributed by atoms with van der Waals surface area (Å²) in [5.74, 6) is 1.02. The Morgan fingerprint density at radius 1 is 1.00 bits per heavy atom. The van der Waals surface area contributed by atoms with E-state index in [9.17, 15) is 0 Å². The monoisotopic (exact) mass is 249 g/mol. The molecule has 0 spiro atoms. The van der Waals surface area contributed by atoms with E-state index in [-0.39, 0.29) is 0 Å².